The van der Waals surface area contributed by atoms with E-state index in [0.717, 1.165) is 30.2 Å². The minimum atomic E-state index is -0.161. The number of ether oxygens (including phenoxy) is 1. The number of hydrogen-bond acceptors (Lipinski definition) is 5. The third-order valence-electron chi connectivity index (χ3n) is 4.16. The summed E-state index contributed by atoms with van der Waals surface area (Å²) in [7, 11) is 0. The molecule has 1 aromatic heterocycles. The molecule has 1 saturated heterocycles. The molecule has 2 aromatic rings. The molecule has 140 valence electrons. The molecule has 1 unspecified atom stereocenters. The summed E-state index contributed by atoms with van der Waals surface area (Å²) in [6.07, 6.45) is 0.0285. The quantitative estimate of drug-likeness (QED) is 0.815. The van der Waals surface area contributed by atoms with Crippen LogP contribution in [-0.2, 0) is 4.74 Å². The Morgan fingerprint density at radius 2 is 2.19 bits per heavy atom. The molecule has 0 radical (unpaired) electrons. The van der Waals surface area contributed by atoms with Gasteiger partial charge in [0.25, 0.3) is 5.91 Å². The molecule has 1 fully saturated rings. The summed E-state index contributed by atoms with van der Waals surface area (Å²) in [5.74, 6) is 0.468. The molecule has 1 N–H and O–H groups in total. The zero-order valence-electron chi connectivity index (χ0n) is 15.1. The van der Waals surface area contributed by atoms with Gasteiger partial charge in [-0.3, -0.25) is 9.69 Å². The van der Waals surface area contributed by atoms with Crippen molar-refractivity contribution in [2.24, 2.45) is 5.92 Å². The predicted molar refractivity (Wildman–Crippen MR) is 106 cm³/mol. The van der Waals surface area contributed by atoms with E-state index in [2.05, 4.69) is 29.0 Å². The molecule has 7 heteroatoms. The van der Waals surface area contributed by atoms with E-state index in [0.29, 0.717) is 29.8 Å². The van der Waals surface area contributed by atoms with Crippen molar-refractivity contribution in [2.45, 2.75) is 20.0 Å². The maximum atomic E-state index is 12.4. The fourth-order valence-electron chi connectivity index (χ4n) is 2.99. The number of amides is 1. The number of aromatic nitrogens is 1. The van der Waals surface area contributed by atoms with Crippen LogP contribution in [0.4, 0.5) is 0 Å². The van der Waals surface area contributed by atoms with E-state index in [9.17, 15) is 4.79 Å². The van der Waals surface area contributed by atoms with Crippen molar-refractivity contribution in [2.75, 3.05) is 32.8 Å². The van der Waals surface area contributed by atoms with Crippen LogP contribution in [0, 0.1) is 5.92 Å². The molecule has 0 saturated carbocycles. The Morgan fingerprint density at radius 1 is 1.42 bits per heavy atom. The molecular formula is C19H24ClN3O2S. The SMILES string of the molecule is CC(C)CN1CCOC(CNC(=O)c2csc(-c3ccc(Cl)cc3)n2)C1. The lowest BCUT2D eigenvalue weighted by molar-refractivity contribution is -0.0295. The number of carbonyl (C=O) groups is 1. The van der Waals surface area contributed by atoms with Gasteiger partial charge in [-0.05, 0) is 18.1 Å². The van der Waals surface area contributed by atoms with Crippen LogP contribution in [0.25, 0.3) is 10.6 Å². The van der Waals surface area contributed by atoms with E-state index in [4.69, 9.17) is 16.3 Å². The molecule has 5 nitrogen and oxygen atoms in total. The summed E-state index contributed by atoms with van der Waals surface area (Å²) in [6.45, 7) is 8.51. The maximum Gasteiger partial charge on any atom is 0.270 e. The smallest absolute Gasteiger partial charge is 0.270 e. The highest BCUT2D eigenvalue weighted by atomic mass is 35.5. The van der Waals surface area contributed by atoms with Gasteiger partial charge in [0.1, 0.15) is 10.7 Å². The second kappa shape index (κ2) is 8.95. The van der Waals surface area contributed by atoms with Gasteiger partial charge in [0.05, 0.1) is 12.7 Å². The second-order valence-electron chi connectivity index (χ2n) is 6.90. The van der Waals surface area contributed by atoms with Crippen molar-refractivity contribution in [1.82, 2.24) is 15.2 Å². The predicted octanol–water partition coefficient (Wildman–Crippen LogP) is 3.55. The van der Waals surface area contributed by atoms with Crippen LogP contribution in [0.5, 0.6) is 0 Å². The van der Waals surface area contributed by atoms with Gasteiger partial charge < -0.3 is 10.1 Å². The number of morpholine rings is 1. The van der Waals surface area contributed by atoms with Crippen molar-refractivity contribution < 1.29 is 9.53 Å². The summed E-state index contributed by atoms with van der Waals surface area (Å²) in [4.78, 5) is 19.2. The second-order valence-corrected chi connectivity index (χ2v) is 8.20. The molecule has 1 aromatic carbocycles. The molecule has 3 rings (SSSR count). The van der Waals surface area contributed by atoms with Gasteiger partial charge in [-0.25, -0.2) is 4.98 Å². The molecule has 1 amide bonds. The van der Waals surface area contributed by atoms with E-state index in [1.807, 2.05) is 24.3 Å². The maximum absolute atomic E-state index is 12.4. The number of nitrogens with one attached hydrogen (secondary N) is 1. The fourth-order valence-corrected chi connectivity index (χ4v) is 3.92. The molecule has 0 aliphatic carbocycles. The Morgan fingerprint density at radius 3 is 2.92 bits per heavy atom. The molecule has 26 heavy (non-hydrogen) atoms. The zero-order valence-corrected chi connectivity index (χ0v) is 16.6. The van der Waals surface area contributed by atoms with Gasteiger partial charge in [0.2, 0.25) is 0 Å². The Hall–Kier alpha value is -1.47. The molecule has 0 bridgehead atoms. The van der Waals surface area contributed by atoms with Crippen LogP contribution >= 0.6 is 22.9 Å². The molecule has 1 aliphatic heterocycles. The van der Waals surface area contributed by atoms with Gasteiger partial charge >= 0.3 is 0 Å². The van der Waals surface area contributed by atoms with Gasteiger partial charge in [0.15, 0.2) is 0 Å². The van der Waals surface area contributed by atoms with Crippen molar-refractivity contribution >= 4 is 28.8 Å². The monoisotopic (exact) mass is 393 g/mol. The highest BCUT2D eigenvalue weighted by Crippen LogP contribution is 2.25. The van der Waals surface area contributed by atoms with Gasteiger partial charge in [-0.1, -0.05) is 37.6 Å². The van der Waals surface area contributed by atoms with Crippen LogP contribution in [-0.4, -0.2) is 54.7 Å². The highest BCUT2D eigenvalue weighted by molar-refractivity contribution is 7.13. The van der Waals surface area contributed by atoms with Crippen molar-refractivity contribution in [3.05, 3.63) is 40.4 Å². The van der Waals surface area contributed by atoms with Crippen LogP contribution in [0.3, 0.4) is 0 Å². The number of halogens is 1. The van der Waals surface area contributed by atoms with E-state index < -0.39 is 0 Å². The topological polar surface area (TPSA) is 54.5 Å². The third kappa shape index (κ3) is 5.27. The first-order chi connectivity index (χ1) is 12.5. The molecule has 0 spiro atoms. The third-order valence-corrected chi connectivity index (χ3v) is 5.31. The summed E-state index contributed by atoms with van der Waals surface area (Å²) < 4.78 is 5.78. The summed E-state index contributed by atoms with van der Waals surface area (Å²) in [6, 6.07) is 7.45. The Balaban J connectivity index is 1.53. The number of benzene rings is 1. The normalized spacial score (nSPS) is 18.2. The largest absolute Gasteiger partial charge is 0.374 e. The standard InChI is InChI=1S/C19H24ClN3O2S/c1-13(2)10-23-7-8-25-16(11-23)9-21-18(24)17-12-26-19(22-17)14-3-5-15(20)6-4-14/h3-6,12-13,16H,7-11H2,1-2H3,(H,21,24). The van der Waals surface area contributed by atoms with Gasteiger partial charge in [-0.15, -0.1) is 11.3 Å². The van der Waals surface area contributed by atoms with Crippen molar-refractivity contribution in [3.8, 4) is 10.6 Å². The summed E-state index contributed by atoms with van der Waals surface area (Å²) >= 11 is 7.36. The van der Waals surface area contributed by atoms with E-state index in [1.54, 1.807) is 5.38 Å². The van der Waals surface area contributed by atoms with Crippen LogP contribution in [0.2, 0.25) is 5.02 Å². The zero-order chi connectivity index (χ0) is 18.5. The first kappa shape index (κ1) is 19.3. The molecule has 1 atom stereocenters. The lowest BCUT2D eigenvalue weighted by atomic mass is 10.2. The number of hydrogen-bond donors (Lipinski definition) is 1. The Bertz CT molecular complexity index is 733. The van der Waals surface area contributed by atoms with E-state index in [1.165, 1.54) is 11.3 Å². The number of nitrogens with zero attached hydrogens (tertiary/aromatic N) is 2. The van der Waals surface area contributed by atoms with Crippen molar-refractivity contribution in [1.29, 1.82) is 0 Å². The lowest BCUT2D eigenvalue weighted by Gasteiger charge is -2.33. The first-order valence-electron chi connectivity index (χ1n) is 8.85. The number of carbonyl (C=O) groups excluding carboxylic acids is 1. The van der Waals surface area contributed by atoms with Crippen LogP contribution in [0.15, 0.2) is 29.6 Å². The average molecular weight is 394 g/mol. The highest BCUT2D eigenvalue weighted by Gasteiger charge is 2.22. The molecular weight excluding hydrogens is 370 g/mol. The van der Waals surface area contributed by atoms with Gasteiger partial charge in [-0.2, -0.15) is 0 Å². The van der Waals surface area contributed by atoms with Crippen molar-refractivity contribution in [3.63, 3.8) is 0 Å². The molecule has 1 aliphatic rings. The molecule has 2 heterocycles. The fraction of sp³-hybridized carbons (Fsp3) is 0.474. The van der Waals surface area contributed by atoms with Crippen LogP contribution < -0.4 is 5.32 Å². The Kier molecular flexibility index (Phi) is 6.64. The summed E-state index contributed by atoms with van der Waals surface area (Å²) in [5, 5.41) is 6.22. The first-order valence-corrected chi connectivity index (χ1v) is 10.1. The number of rotatable bonds is 6. The Labute approximate surface area is 163 Å². The van der Waals surface area contributed by atoms with E-state index >= 15 is 0 Å². The van der Waals surface area contributed by atoms with E-state index in [-0.39, 0.29) is 12.0 Å². The van der Waals surface area contributed by atoms with Gasteiger partial charge in [0, 0.05) is 42.1 Å². The average Bonchev–Trinajstić information content (AvgIpc) is 3.10. The summed E-state index contributed by atoms with van der Waals surface area (Å²) in [5.41, 5.74) is 1.40. The minimum absolute atomic E-state index is 0.0285. The minimum Gasteiger partial charge on any atom is -0.374 e. The van der Waals surface area contributed by atoms with Crippen LogP contribution in [0.1, 0.15) is 24.3 Å². The number of thiazole rings is 1. The lowest BCUT2D eigenvalue weighted by Crippen LogP contribution is -2.48.